The van der Waals surface area contributed by atoms with Crippen LogP contribution in [-0.4, -0.2) is 30.4 Å². The van der Waals surface area contributed by atoms with E-state index in [1.807, 2.05) is 0 Å². The third-order valence-electron chi connectivity index (χ3n) is 1.94. The molecule has 0 spiro atoms. The van der Waals surface area contributed by atoms with Crippen molar-refractivity contribution in [1.29, 1.82) is 0 Å². The Hall–Kier alpha value is -1.03. The fraction of sp³-hybridized carbons (Fsp3) is 0.667. The third kappa shape index (κ3) is 3.06. The second kappa shape index (κ2) is 4.87. The maximum Gasteiger partial charge on any atom is 0.336 e. The SMILES string of the molecule is CC(=CO)C(=O)OCC1CCCO1. The molecule has 1 heterocycles. The Bertz CT molecular complexity index is 204. The Labute approximate surface area is 77.1 Å². The van der Waals surface area contributed by atoms with Gasteiger partial charge in [0.15, 0.2) is 0 Å². The molecule has 0 aromatic carbocycles. The van der Waals surface area contributed by atoms with Crippen molar-refractivity contribution >= 4 is 5.97 Å². The van der Waals surface area contributed by atoms with Crippen molar-refractivity contribution in [3.05, 3.63) is 11.8 Å². The molecule has 4 heteroatoms. The van der Waals surface area contributed by atoms with Gasteiger partial charge in [-0.25, -0.2) is 4.79 Å². The quantitative estimate of drug-likeness (QED) is 0.408. The van der Waals surface area contributed by atoms with Gasteiger partial charge in [-0.1, -0.05) is 0 Å². The summed E-state index contributed by atoms with van der Waals surface area (Å²) in [5.41, 5.74) is 0.206. The second-order valence-corrected chi connectivity index (χ2v) is 3.05. The number of hydrogen-bond donors (Lipinski definition) is 1. The predicted molar refractivity (Wildman–Crippen MR) is 46.3 cm³/mol. The lowest BCUT2D eigenvalue weighted by Gasteiger charge is -2.09. The van der Waals surface area contributed by atoms with E-state index in [1.54, 1.807) is 0 Å². The molecule has 1 atom stereocenters. The summed E-state index contributed by atoms with van der Waals surface area (Å²) in [4.78, 5) is 11.0. The summed E-state index contributed by atoms with van der Waals surface area (Å²) in [6.07, 6.45) is 2.75. The molecule has 0 saturated carbocycles. The van der Waals surface area contributed by atoms with Gasteiger partial charge in [-0.05, 0) is 19.8 Å². The van der Waals surface area contributed by atoms with Gasteiger partial charge in [-0.15, -0.1) is 0 Å². The molecule has 1 fully saturated rings. The van der Waals surface area contributed by atoms with Crippen molar-refractivity contribution in [2.24, 2.45) is 0 Å². The number of aliphatic hydroxyl groups excluding tert-OH is 1. The van der Waals surface area contributed by atoms with Crippen LogP contribution in [0.2, 0.25) is 0 Å². The van der Waals surface area contributed by atoms with Crippen LogP contribution in [0.25, 0.3) is 0 Å². The summed E-state index contributed by atoms with van der Waals surface area (Å²) in [6, 6.07) is 0. The van der Waals surface area contributed by atoms with E-state index in [1.165, 1.54) is 6.92 Å². The molecule has 74 valence electrons. The van der Waals surface area contributed by atoms with Crippen LogP contribution in [0.15, 0.2) is 11.8 Å². The Morgan fingerprint density at radius 1 is 1.77 bits per heavy atom. The van der Waals surface area contributed by atoms with E-state index < -0.39 is 5.97 Å². The fourth-order valence-electron chi connectivity index (χ4n) is 1.11. The highest BCUT2D eigenvalue weighted by Crippen LogP contribution is 2.12. The Morgan fingerprint density at radius 3 is 3.08 bits per heavy atom. The van der Waals surface area contributed by atoms with Gasteiger partial charge in [0.1, 0.15) is 6.61 Å². The Morgan fingerprint density at radius 2 is 2.54 bits per heavy atom. The normalized spacial score (nSPS) is 23.2. The molecule has 13 heavy (non-hydrogen) atoms. The molecule has 1 aliphatic rings. The van der Waals surface area contributed by atoms with Gasteiger partial charge in [0.25, 0.3) is 0 Å². The molecule has 0 aromatic rings. The van der Waals surface area contributed by atoms with E-state index >= 15 is 0 Å². The van der Waals surface area contributed by atoms with Gasteiger partial charge < -0.3 is 14.6 Å². The molecule has 1 rings (SSSR count). The lowest BCUT2D eigenvalue weighted by Crippen LogP contribution is -2.18. The van der Waals surface area contributed by atoms with E-state index in [-0.39, 0.29) is 18.3 Å². The highest BCUT2D eigenvalue weighted by Gasteiger charge is 2.17. The van der Waals surface area contributed by atoms with Gasteiger partial charge in [-0.3, -0.25) is 0 Å². The van der Waals surface area contributed by atoms with Gasteiger partial charge in [0.2, 0.25) is 0 Å². The molecule has 4 nitrogen and oxygen atoms in total. The lowest BCUT2D eigenvalue weighted by molar-refractivity contribution is -0.142. The van der Waals surface area contributed by atoms with Crippen LogP contribution in [0.1, 0.15) is 19.8 Å². The first-order valence-corrected chi connectivity index (χ1v) is 4.33. The molecule has 0 aliphatic carbocycles. The first kappa shape index (κ1) is 10.1. The maximum atomic E-state index is 11.0. The van der Waals surface area contributed by atoms with E-state index in [2.05, 4.69) is 0 Å². The standard InChI is InChI=1S/C9H14O4/c1-7(5-10)9(11)13-6-8-3-2-4-12-8/h5,8,10H,2-4,6H2,1H3. The minimum absolute atomic E-state index is 0.0374. The Kier molecular flexibility index (Phi) is 3.76. The molecule has 1 N–H and O–H groups in total. The number of carbonyl (C=O) groups excluding carboxylic acids is 1. The first-order chi connectivity index (χ1) is 6.24. The highest BCUT2D eigenvalue weighted by molar-refractivity contribution is 5.87. The molecule has 1 saturated heterocycles. The van der Waals surface area contributed by atoms with E-state index in [4.69, 9.17) is 14.6 Å². The van der Waals surface area contributed by atoms with Crippen LogP contribution < -0.4 is 0 Å². The molecule has 0 aromatic heterocycles. The monoisotopic (exact) mass is 186 g/mol. The minimum atomic E-state index is -0.488. The van der Waals surface area contributed by atoms with Crippen molar-refractivity contribution in [3.8, 4) is 0 Å². The van der Waals surface area contributed by atoms with Gasteiger partial charge in [0, 0.05) is 6.61 Å². The van der Waals surface area contributed by atoms with Crippen molar-refractivity contribution < 1.29 is 19.4 Å². The summed E-state index contributed by atoms with van der Waals surface area (Å²) in [5.74, 6) is -0.488. The number of carbonyl (C=O) groups is 1. The summed E-state index contributed by atoms with van der Waals surface area (Å²) in [6.45, 7) is 2.53. The molecule has 0 radical (unpaired) electrons. The van der Waals surface area contributed by atoms with E-state index in [0.29, 0.717) is 0 Å². The number of ether oxygens (including phenoxy) is 2. The van der Waals surface area contributed by atoms with Crippen LogP contribution >= 0.6 is 0 Å². The van der Waals surface area contributed by atoms with E-state index in [0.717, 1.165) is 25.7 Å². The van der Waals surface area contributed by atoms with Crippen LogP contribution in [0.5, 0.6) is 0 Å². The molecule has 1 unspecified atom stereocenters. The summed E-state index contributed by atoms with van der Waals surface area (Å²) in [7, 11) is 0. The second-order valence-electron chi connectivity index (χ2n) is 3.05. The molecule has 0 bridgehead atoms. The minimum Gasteiger partial charge on any atom is -0.515 e. The van der Waals surface area contributed by atoms with Crippen molar-refractivity contribution in [1.82, 2.24) is 0 Å². The topological polar surface area (TPSA) is 55.8 Å². The maximum absolute atomic E-state index is 11.0. The largest absolute Gasteiger partial charge is 0.515 e. The van der Waals surface area contributed by atoms with Crippen molar-refractivity contribution in [3.63, 3.8) is 0 Å². The van der Waals surface area contributed by atoms with Gasteiger partial charge in [-0.2, -0.15) is 0 Å². The zero-order chi connectivity index (χ0) is 9.68. The van der Waals surface area contributed by atoms with Crippen LogP contribution in [-0.2, 0) is 14.3 Å². The zero-order valence-electron chi connectivity index (χ0n) is 7.66. The summed E-state index contributed by atoms with van der Waals surface area (Å²) < 4.78 is 10.1. The molecular formula is C9H14O4. The lowest BCUT2D eigenvalue weighted by atomic mass is 10.2. The van der Waals surface area contributed by atoms with Crippen LogP contribution in [0.4, 0.5) is 0 Å². The third-order valence-corrected chi connectivity index (χ3v) is 1.94. The number of aliphatic hydroxyl groups is 1. The average Bonchev–Trinajstić information content (AvgIpc) is 2.65. The average molecular weight is 186 g/mol. The molecular weight excluding hydrogens is 172 g/mol. The molecule has 0 amide bonds. The highest BCUT2D eigenvalue weighted by atomic mass is 16.6. The van der Waals surface area contributed by atoms with Gasteiger partial charge >= 0.3 is 5.97 Å². The number of esters is 1. The first-order valence-electron chi connectivity index (χ1n) is 4.33. The Balaban J connectivity index is 2.21. The van der Waals surface area contributed by atoms with Crippen LogP contribution in [0, 0.1) is 0 Å². The predicted octanol–water partition coefficient (Wildman–Crippen LogP) is 1.17. The van der Waals surface area contributed by atoms with Crippen LogP contribution in [0.3, 0.4) is 0 Å². The summed E-state index contributed by atoms with van der Waals surface area (Å²) >= 11 is 0. The smallest absolute Gasteiger partial charge is 0.336 e. The number of rotatable bonds is 3. The fourth-order valence-corrected chi connectivity index (χ4v) is 1.11. The number of hydrogen-bond acceptors (Lipinski definition) is 4. The van der Waals surface area contributed by atoms with Crippen molar-refractivity contribution in [2.45, 2.75) is 25.9 Å². The summed E-state index contributed by atoms with van der Waals surface area (Å²) in [5, 5.41) is 8.50. The molecule has 1 aliphatic heterocycles. The van der Waals surface area contributed by atoms with Gasteiger partial charge in [0.05, 0.1) is 17.9 Å². The van der Waals surface area contributed by atoms with Crippen molar-refractivity contribution in [2.75, 3.05) is 13.2 Å². The zero-order valence-corrected chi connectivity index (χ0v) is 7.66. The van der Waals surface area contributed by atoms with E-state index in [9.17, 15) is 4.79 Å².